The molecule has 0 bridgehead atoms. The summed E-state index contributed by atoms with van der Waals surface area (Å²) in [6.07, 6.45) is 3.77. The molecular weight excluding hydrogens is 280 g/mol. The highest BCUT2D eigenvalue weighted by Gasteiger charge is 2.12. The van der Waals surface area contributed by atoms with E-state index in [0.717, 1.165) is 24.4 Å². The Labute approximate surface area is 134 Å². The monoisotopic (exact) mass is 308 g/mol. The molecule has 0 amide bonds. The van der Waals surface area contributed by atoms with Crippen LogP contribution in [0.4, 0.5) is 0 Å². The number of nitrogens with two attached hydrogens (primary N) is 1. The third-order valence-electron chi connectivity index (χ3n) is 3.69. The van der Waals surface area contributed by atoms with Crippen LogP contribution in [0.1, 0.15) is 51.2 Å². The van der Waals surface area contributed by atoms with E-state index in [0.29, 0.717) is 11.0 Å². The number of ether oxygens (including phenoxy) is 1. The SMILES string of the molecule is CCCCCN(Cc1ccc(OC)c(C(N)=S)c1)C(C)C. The fourth-order valence-corrected chi connectivity index (χ4v) is 2.52. The van der Waals surface area contributed by atoms with Gasteiger partial charge in [-0.05, 0) is 44.5 Å². The number of nitrogens with zero attached hydrogens (tertiary/aromatic N) is 1. The lowest BCUT2D eigenvalue weighted by Crippen LogP contribution is -2.31. The van der Waals surface area contributed by atoms with Crippen molar-refractivity contribution in [2.75, 3.05) is 13.7 Å². The van der Waals surface area contributed by atoms with E-state index in [-0.39, 0.29) is 0 Å². The fraction of sp³-hybridized carbons (Fsp3) is 0.588. The lowest BCUT2D eigenvalue weighted by Gasteiger charge is -2.27. The van der Waals surface area contributed by atoms with Gasteiger partial charge in [-0.3, -0.25) is 4.90 Å². The molecule has 21 heavy (non-hydrogen) atoms. The molecule has 3 nitrogen and oxygen atoms in total. The van der Waals surface area contributed by atoms with Gasteiger partial charge in [-0.15, -0.1) is 0 Å². The highest BCUT2D eigenvalue weighted by atomic mass is 32.1. The summed E-state index contributed by atoms with van der Waals surface area (Å²) < 4.78 is 5.31. The van der Waals surface area contributed by atoms with Crippen molar-refractivity contribution < 1.29 is 4.74 Å². The zero-order valence-electron chi connectivity index (χ0n) is 13.7. The van der Waals surface area contributed by atoms with Gasteiger partial charge >= 0.3 is 0 Å². The van der Waals surface area contributed by atoms with Crippen LogP contribution in [0.15, 0.2) is 18.2 Å². The first-order valence-corrected chi connectivity index (χ1v) is 8.11. The molecule has 4 heteroatoms. The largest absolute Gasteiger partial charge is 0.496 e. The second-order valence-electron chi connectivity index (χ2n) is 5.67. The first-order chi connectivity index (χ1) is 9.99. The van der Waals surface area contributed by atoms with Crippen LogP contribution in [0.25, 0.3) is 0 Å². The minimum Gasteiger partial charge on any atom is -0.496 e. The van der Waals surface area contributed by atoms with Crippen LogP contribution in [-0.2, 0) is 6.54 Å². The van der Waals surface area contributed by atoms with E-state index in [4.69, 9.17) is 22.7 Å². The van der Waals surface area contributed by atoms with Gasteiger partial charge in [-0.2, -0.15) is 0 Å². The fourth-order valence-electron chi connectivity index (χ4n) is 2.37. The van der Waals surface area contributed by atoms with Crippen molar-refractivity contribution in [3.05, 3.63) is 29.3 Å². The van der Waals surface area contributed by atoms with Crippen molar-refractivity contribution in [1.29, 1.82) is 0 Å². The van der Waals surface area contributed by atoms with Gasteiger partial charge in [0.1, 0.15) is 10.7 Å². The molecule has 1 aromatic rings. The van der Waals surface area contributed by atoms with Gasteiger partial charge in [0.15, 0.2) is 0 Å². The minimum absolute atomic E-state index is 0.385. The van der Waals surface area contributed by atoms with Crippen molar-refractivity contribution in [3.8, 4) is 5.75 Å². The van der Waals surface area contributed by atoms with Gasteiger partial charge in [0, 0.05) is 12.6 Å². The second-order valence-corrected chi connectivity index (χ2v) is 6.11. The average Bonchev–Trinajstić information content (AvgIpc) is 2.46. The molecule has 0 aliphatic heterocycles. The Morgan fingerprint density at radius 2 is 2.05 bits per heavy atom. The van der Waals surface area contributed by atoms with Crippen molar-refractivity contribution in [2.45, 2.75) is 52.6 Å². The Hall–Kier alpha value is -1.13. The highest BCUT2D eigenvalue weighted by Crippen LogP contribution is 2.21. The van der Waals surface area contributed by atoms with Gasteiger partial charge in [0.2, 0.25) is 0 Å². The van der Waals surface area contributed by atoms with Gasteiger partial charge < -0.3 is 10.5 Å². The molecule has 0 saturated heterocycles. The Bertz CT molecular complexity index is 460. The first kappa shape index (κ1) is 17.9. The van der Waals surface area contributed by atoms with Gasteiger partial charge in [0.25, 0.3) is 0 Å². The first-order valence-electron chi connectivity index (χ1n) is 7.70. The van der Waals surface area contributed by atoms with Crippen LogP contribution in [0, 0.1) is 0 Å². The van der Waals surface area contributed by atoms with E-state index in [1.165, 1.54) is 24.8 Å². The predicted octanol–water partition coefficient (Wildman–Crippen LogP) is 3.73. The van der Waals surface area contributed by atoms with E-state index >= 15 is 0 Å². The van der Waals surface area contributed by atoms with E-state index in [9.17, 15) is 0 Å². The van der Waals surface area contributed by atoms with Gasteiger partial charge in [-0.1, -0.05) is 38.0 Å². The summed E-state index contributed by atoms with van der Waals surface area (Å²) in [4.78, 5) is 2.87. The molecule has 0 saturated carbocycles. The summed E-state index contributed by atoms with van der Waals surface area (Å²) in [5.41, 5.74) is 7.83. The Kier molecular flexibility index (Phi) is 7.68. The van der Waals surface area contributed by atoms with Crippen LogP contribution in [0.3, 0.4) is 0 Å². The molecule has 1 rings (SSSR count). The van der Waals surface area contributed by atoms with Crippen LogP contribution < -0.4 is 10.5 Å². The molecule has 0 aliphatic rings. The molecular formula is C17H28N2OS. The lowest BCUT2D eigenvalue weighted by atomic mass is 10.1. The highest BCUT2D eigenvalue weighted by molar-refractivity contribution is 7.80. The molecule has 1 aromatic carbocycles. The molecule has 0 fully saturated rings. The van der Waals surface area contributed by atoms with Crippen molar-refractivity contribution in [1.82, 2.24) is 4.90 Å². The summed E-state index contributed by atoms with van der Waals surface area (Å²) >= 11 is 5.11. The van der Waals surface area contributed by atoms with Crippen molar-refractivity contribution in [3.63, 3.8) is 0 Å². The Balaban J connectivity index is 2.83. The van der Waals surface area contributed by atoms with E-state index in [1.807, 2.05) is 6.07 Å². The standard InChI is InChI=1S/C17H28N2OS/c1-5-6-7-10-19(13(2)3)12-14-8-9-16(20-4)15(11-14)17(18)21/h8-9,11,13H,5-7,10,12H2,1-4H3,(H2,18,21). The molecule has 0 spiro atoms. The molecule has 0 aromatic heterocycles. The molecule has 0 unspecified atom stereocenters. The molecule has 0 radical (unpaired) electrons. The van der Waals surface area contributed by atoms with Crippen molar-refractivity contribution in [2.24, 2.45) is 5.73 Å². The maximum atomic E-state index is 5.79. The predicted molar refractivity (Wildman–Crippen MR) is 94.0 cm³/mol. The molecule has 0 aliphatic carbocycles. The number of hydrogen-bond donors (Lipinski definition) is 1. The third kappa shape index (κ3) is 5.64. The summed E-state index contributed by atoms with van der Waals surface area (Å²) in [5, 5.41) is 0. The van der Waals surface area contributed by atoms with Crippen LogP contribution in [0.2, 0.25) is 0 Å². The van der Waals surface area contributed by atoms with E-state index in [2.05, 4.69) is 37.8 Å². The normalized spacial score (nSPS) is 11.1. The summed E-state index contributed by atoms with van der Waals surface area (Å²) in [6, 6.07) is 6.62. The number of unbranched alkanes of at least 4 members (excludes halogenated alkanes) is 2. The number of thiocarbonyl (C=S) groups is 1. The quantitative estimate of drug-likeness (QED) is 0.557. The van der Waals surface area contributed by atoms with Crippen LogP contribution >= 0.6 is 12.2 Å². The number of benzene rings is 1. The lowest BCUT2D eigenvalue weighted by molar-refractivity contribution is 0.208. The maximum Gasteiger partial charge on any atom is 0.129 e. The summed E-state index contributed by atoms with van der Waals surface area (Å²) in [7, 11) is 1.64. The zero-order chi connectivity index (χ0) is 15.8. The summed E-state index contributed by atoms with van der Waals surface area (Å²) in [5.74, 6) is 0.744. The summed E-state index contributed by atoms with van der Waals surface area (Å²) in [6.45, 7) is 8.76. The smallest absolute Gasteiger partial charge is 0.129 e. The number of rotatable bonds is 9. The average molecular weight is 308 g/mol. The third-order valence-corrected chi connectivity index (χ3v) is 3.91. The van der Waals surface area contributed by atoms with Crippen LogP contribution in [-0.4, -0.2) is 29.6 Å². The van der Waals surface area contributed by atoms with E-state index < -0.39 is 0 Å². The zero-order valence-corrected chi connectivity index (χ0v) is 14.5. The van der Waals surface area contributed by atoms with Gasteiger partial charge in [-0.25, -0.2) is 0 Å². The Morgan fingerprint density at radius 1 is 1.33 bits per heavy atom. The van der Waals surface area contributed by atoms with Gasteiger partial charge in [0.05, 0.1) is 12.7 Å². The van der Waals surface area contributed by atoms with E-state index in [1.54, 1.807) is 7.11 Å². The molecule has 0 atom stereocenters. The molecule has 2 N–H and O–H groups in total. The molecule has 118 valence electrons. The molecule has 0 heterocycles. The number of hydrogen-bond acceptors (Lipinski definition) is 3. The number of methoxy groups -OCH3 is 1. The topological polar surface area (TPSA) is 38.5 Å². The Morgan fingerprint density at radius 3 is 2.57 bits per heavy atom. The maximum absolute atomic E-state index is 5.79. The second kappa shape index (κ2) is 9.00. The van der Waals surface area contributed by atoms with Crippen molar-refractivity contribution >= 4 is 17.2 Å². The minimum atomic E-state index is 0.385. The van der Waals surface area contributed by atoms with Crippen LogP contribution in [0.5, 0.6) is 5.75 Å².